The van der Waals surface area contributed by atoms with Gasteiger partial charge in [0.05, 0.1) is 5.69 Å². The van der Waals surface area contributed by atoms with Crippen molar-refractivity contribution in [2.24, 2.45) is 4.99 Å². The summed E-state index contributed by atoms with van der Waals surface area (Å²) in [5.74, 6) is -0.0604. The van der Waals surface area contributed by atoms with Gasteiger partial charge in [-0.3, -0.25) is 9.79 Å². The van der Waals surface area contributed by atoms with Crippen LogP contribution in [-0.4, -0.2) is 17.7 Å². The van der Waals surface area contributed by atoms with E-state index in [1.807, 2.05) is 50.2 Å². The van der Waals surface area contributed by atoms with Gasteiger partial charge in [-0.2, -0.15) is 0 Å². The van der Waals surface area contributed by atoms with E-state index in [0.29, 0.717) is 10.6 Å². The number of rotatable bonds is 3. The molecular weight excluding hydrogens is 340 g/mol. The lowest BCUT2D eigenvalue weighted by molar-refractivity contribution is 0.0939. The van der Waals surface area contributed by atoms with E-state index in [0.717, 1.165) is 33.2 Å². The average molecular weight is 359 g/mol. The Kier molecular flexibility index (Phi) is 4.97. The van der Waals surface area contributed by atoms with Crippen LogP contribution in [0.2, 0.25) is 5.02 Å². The van der Waals surface area contributed by atoms with Crippen molar-refractivity contribution in [2.75, 3.05) is 0 Å². The first-order valence-corrected chi connectivity index (χ1v) is 9.15. The lowest BCUT2D eigenvalue weighted by Crippen LogP contribution is -2.31. The minimum Gasteiger partial charge on any atom is -0.350 e. The fraction of sp³-hybridized carbons (Fsp3) is 0.263. The maximum Gasteiger partial charge on any atom is 0.251 e. The van der Waals surface area contributed by atoms with Crippen molar-refractivity contribution in [1.29, 1.82) is 0 Å². The molecule has 1 atom stereocenters. The van der Waals surface area contributed by atoms with Crippen LogP contribution >= 0.6 is 23.4 Å². The van der Waals surface area contributed by atoms with Crippen LogP contribution in [-0.2, 0) is 0 Å². The lowest BCUT2D eigenvalue weighted by atomic mass is 10.1. The molecule has 1 N–H and O–H groups in total. The standard InChI is InChI=1S/C19H19ClN2OS/c1-4-11(2)21-19(23)13-5-7-18-16(9-13)22-12(3)15-10-14(20)6-8-17(15)24-18/h5-11H,4H2,1-3H3,(H,21,23). The maximum atomic E-state index is 12.3. The first-order chi connectivity index (χ1) is 11.5. The zero-order chi connectivity index (χ0) is 17.3. The van der Waals surface area contributed by atoms with Gasteiger partial charge in [0, 0.05) is 37.7 Å². The van der Waals surface area contributed by atoms with Crippen LogP contribution in [0.1, 0.15) is 43.1 Å². The summed E-state index contributed by atoms with van der Waals surface area (Å²) in [6.45, 7) is 6.02. The molecule has 1 heterocycles. The zero-order valence-electron chi connectivity index (χ0n) is 13.9. The molecule has 0 radical (unpaired) electrons. The van der Waals surface area contributed by atoms with Gasteiger partial charge in [-0.1, -0.05) is 30.3 Å². The molecule has 1 aliphatic heterocycles. The van der Waals surface area contributed by atoms with Gasteiger partial charge in [0.2, 0.25) is 0 Å². The third-order valence-corrected chi connectivity index (χ3v) is 5.43. The van der Waals surface area contributed by atoms with Crippen LogP contribution in [0.15, 0.2) is 51.2 Å². The monoisotopic (exact) mass is 358 g/mol. The number of halogens is 1. The molecule has 0 aliphatic carbocycles. The predicted octanol–water partition coefficient (Wildman–Crippen LogP) is 5.47. The molecule has 1 unspecified atom stereocenters. The first kappa shape index (κ1) is 17.1. The van der Waals surface area contributed by atoms with E-state index >= 15 is 0 Å². The second kappa shape index (κ2) is 6.99. The van der Waals surface area contributed by atoms with E-state index in [4.69, 9.17) is 16.6 Å². The van der Waals surface area contributed by atoms with Gasteiger partial charge in [0.15, 0.2) is 0 Å². The summed E-state index contributed by atoms with van der Waals surface area (Å²) in [4.78, 5) is 19.2. The van der Waals surface area contributed by atoms with Gasteiger partial charge in [-0.25, -0.2) is 0 Å². The second-order valence-electron chi connectivity index (χ2n) is 5.91. The molecule has 0 aromatic heterocycles. The van der Waals surface area contributed by atoms with E-state index in [1.54, 1.807) is 11.8 Å². The third-order valence-electron chi connectivity index (χ3n) is 4.05. The minimum atomic E-state index is -0.0604. The van der Waals surface area contributed by atoms with Crippen LogP contribution in [0.25, 0.3) is 0 Å². The zero-order valence-corrected chi connectivity index (χ0v) is 15.5. The maximum absolute atomic E-state index is 12.3. The summed E-state index contributed by atoms with van der Waals surface area (Å²) >= 11 is 7.77. The smallest absolute Gasteiger partial charge is 0.251 e. The Bertz CT molecular complexity index is 832. The van der Waals surface area contributed by atoms with E-state index in [1.165, 1.54) is 0 Å². The topological polar surface area (TPSA) is 41.5 Å². The highest BCUT2D eigenvalue weighted by Gasteiger charge is 2.17. The van der Waals surface area contributed by atoms with Gasteiger partial charge in [-0.15, -0.1) is 0 Å². The number of carbonyl (C=O) groups excluding carboxylic acids is 1. The number of aliphatic imine (C=N–C) groups is 1. The van der Waals surface area contributed by atoms with Gasteiger partial charge in [0.1, 0.15) is 0 Å². The molecule has 124 valence electrons. The molecule has 5 heteroatoms. The Balaban J connectivity index is 1.98. The second-order valence-corrected chi connectivity index (χ2v) is 7.43. The fourth-order valence-electron chi connectivity index (χ4n) is 2.47. The summed E-state index contributed by atoms with van der Waals surface area (Å²) in [7, 11) is 0. The van der Waals surface area contributed by atoms with Crippen LogP contribution in [0.3, 0.4) is 0 Å². The Morgan fingerprint density at radius 2 is 2.00 bits per heavy atom. The summed E-state index contributed by atoms with van der Waals surface area (Å²) in [5.41, 5.74) is 3.39. The molecule has 3 rings (SSSR count). The molecule has 1 amide bonds. The summed E-state index contributed by atoms with van der Waals surface area (Å²) in [6.07, 6.45) is 0.903. The summed E-state index contributed by atoms with van der Waals surface area (Å²) in [6, 6.07) is 11.7. The molecule has 1 aliphatic rings. The molecule has 24 heavy (non-hydrogen) atoms. The highest BCUT2D eigenvalue weighted by atomic mass is 35.5. The normalized spacial score (nSPS) is 14.1. The van der Waals surface area contributed by atoms with E-state index in [2.05, 4.69) is 12.2 Å². The number of amides is 1. The molecule has 0 fully saturated rings. The molecule has 2 aromatic carbocycles. The van der Waals surface area contributed by atoms with Crippen molar-refractivity contribution in [1.82, 2.24) is 5.32 Å². The summed E-state index contributed by atoms with van der Waals surface area (Å²) in [5, 5.41) is 3.69. The van der Waals surface area contributed by atoms with Crippen molar-refractivity contribution >= 4 is 40.7 Å². The molecule has 0 bridgehead atoms. The van der Waals surface area contributed by atoms with Gasteiger partial charge < -0.3 is 5.32 Å². The Hall–Kier alpha value is -1.78. The van der Waals surface area contributed by atoms with Crippen molar-refractivity contribution in [2.45, 2.75) is 43.0 Å². The molecule has 0 saturated heterocycles. The number of fused-ring (bicyclic) bond motifs is 2. The minimum absolute atomic E-state index is 0.0604. The van der Waals surface area contributed by atoms with Crippen molar-refractivity contribution < 1.29 is 4.79 Å². The van der Waals surface area contributed by atoms with Crippen molar-refractivity contribution in [3.8, 4) is 0 Å². The lowest BCUT2D eigenvalue weighted by Gasteiger charge is -2.12. The van der Waals surface area contributed by atoms with E-state index in [-0.39, 0.29) is 11.9 Å². The Morgan fingerprint density at radius 1 is 1.25 bits per heavy atom. The van der Waals surface area contributed by atoms with E-state index < -0.39 is 0 Å². The van der Waals surface area contributed by atoms with Crippen molar-refractivity contribution in [3.05, 3.63) is 52.5 Å². The number of hydrogen-bond acceptors (Lipinski definition) is 3. The molecular formula is C19H19ClN2OS. The van der Waals surface area contributed by atoms with Crippen LogP contribution < -0.4 is 5.32 Å². The molecule has 3 nitrogen and oxygen atoms in total. The highest BCUT2D eigenvalue weighted by molar-refractivity contribution is 7.99. The number of nitrogens with one attached hydrogen (secondary N) is 1. The average Bonchev–Trinajstić information content (AvgIpc) is 2.70. The van der Waals surface area contributed by atoms with Crippen LogP contribution in [0, 0.1) is 0 Å². The molecule has 2 aromatic rings. The predicted molar refractivity (Wildman–Crippen MR) is 101 cm³/mol. The highest BCUT2D eigenvalue weighted by Crippen LogP contribution is 2.41. The summed E-state index contributed by atoms with van der Waals surface area (Å²) < 4.78 is 0. The number of benzene rings is 2. The quantitative estimate of drug-likeness (QED) is 0.789. The Morgan fingerprint density at radius 3 is 2.75 bits per heavy atom. The molecule has 0 spiro atoms. The van der Waals surface area contributed by atoms with Crippen LogP contribution in [0.4, 0.5) is 5.69 Å². The van der Waals surface area contributed by atoms with Gasteiger partial charge in [-0.05, 0) is 56.7 Å². The van der Waals surface area contributed by atoms with Gasteiger partial charge in [0.25, 0.3) is 5.91 Å². The van der Waals surface area contributed by atoms with Gasteiger partial charge >= 0.3 is 0 Å². The van der Waals surface area contributed by atoms with Crippen LogP contribution in [0.5, 0.6) is 0 Å². The van der Waals surface area contributed by atoms with E-state index in [9.17, 15) is 4.79 Å². The first-order valence-electron chi connectivity index (χ1n) is 7.96. The number of carbonyl (C=O) groups is 1. The largest absolute Gasteiger partial charge is 0.350 e. The Labute approximate surface area is 151 Å². The third kappa shape index (κ3) is 3.50. The molecule has 0 saturated carbocycles. The SMILES string of the molecule is CCC(C)NC(=O)c1ccc2c(c1)N=C(C)c1cc(Cl)ccc1S2. The number of nitrogens with zero attached hydrogens (tertiary/aromatic N) is 1. The van der Waals surface area contributed by atoms with Crippen molar-refractivity contribution in [3.63, 3.8) is 0 Å². The fourth-order valence-corrected chi connectivity index (χ4v) is 3.68. The number of hydrogen-bond donors (Lipinski definition) is 1.